The molecule has 0 amide bonds. The highest BCUT2D eigenvalue weighted by molar-refractivity contribution is 7.97. The van der Waals surface area contributed by atoms with Crippen LogP contribution in [0, 0.1) is 13.8 Å². The van der Waals surface area contributed by atoms with Gasteiger partial charge in [0.15, 0.2) is 0 Å². The van der Waals surface area contributed by atoms with Crippen LogP contribution in [0.1, 0.15) is 28.1 Å². The van der Waals surface area contributed by atoms with Crippen LogP contribution in [0.25, 0.3) is 0 Å². The van der Waals surface area contributed by atoms with Crippen LogP contribution in [-0.4, -0.2) is 10.1 Å². The molecule has 2 aromatic rings. The maximum atomic E-state index is 5.57. The molecule has 2 rings (SSSR count). The highest BCUT2D eigenvalue weighted by Crippen LogP contribution is 2.22. The quantitative estimate of drug-likeness (QED) is 0.856. The maximum absolute atomic E-state index is 5.57. The molecule has 3 nitrogen and oxygen atoms in total. The van der Waals surface area contributed by atoms with Crippen LogP contribution >= 0.6 is 24.0 Å². The van der Waals surface area contributed by atoms with E-state index in [0.29, 0.717) is 4.99 Å². The third kappa shape index (κ3) is 3.58. The summed E-state index contributed by atoms with van der Waals surface area (Å²) in [6, 6.07) is 8.06. The van der Waals surface area contributed by atoms with Gasteiger partial charge >= 0.3 is 0 Å². The minimum atomic E-state index is 0.440. The Labute approximate surface area is 122 Å². The SMILES string of the molecule is Cc1noc(C)c1CSCc1ccc(C(N)=S)cc1. The maximum Gasteiger partial charge on any atom is 0.137 e. The first-order valence-corrected chi connectivity index (χ1v) is 7.52. The normalized spacial score (nSPS) is 10.6. The standard InChI is InChI=1S/C14H16N2OS2/c1-9-13(10(2)17-16-9)8-19-7-11-3-5-12(6-4-11)14(15)18/h3-6H,7-8H2,1-2H3,(H2,15,18). The molecule has 0 spiro atoms. The third-order valence-corrected chi connectivity index (χ3v) is 4.20. The lowest BCUT2D eigenvalue weighted by molar-refractivity contribution is 0.392. The summed E-state index contributed by atoms with van der Waals surface area (Å²) in [5, 5.41) is 3.96. The van der Waals surface area contributed by atoms with E-state index in [0.717, 1.165) is 28.5 Å². The Hall–Kier alpha value is -1.33. The molecule has 0 atom stereocenters. The summed E-state index contributed by atoms with van der Waals surface area (Å²) in [6.07, 6.45) is 0. The second kappa shape index (κ2) is 6.21. The lowest BCUT2D eigenvalue weighted by Crippen LogP contribution is -2.08. The van der Waals surface area contributed by atoms with E-state index in [4.69, 9.17) is 22.5 Å². The van der Waals surface area contributed by atoms with Crippen molar-refractivity contribution in [3.63, 3.8) is 0 Å². The number of benzene rings is 1. The Morgan fingerprint density at radius 1 is 1.26 bits per heavy atom. The molecule has 19 heavy (non-hydrogen) atoms. The second-order valence-electron chi connectivity index (χ2n) is 4.36. The largest absolute Gasteiger partial charge is 0.389 e. The molecule has 100 valence electrons. The molecular weight excluding hydrogens is 276 g/mol. The van der Waals surface area contributed by atoms with Crippen LogP contribution in [0.4, 0.5) is 0 Å². The van der Waals surface area contributed by atoms with E-state index < -0.39 is 0 Å². The van der Waals surface area contributed by atoms with Gasteiger partial charge in [0.05, 0.1) is 5.69 Å². The van der Waals surface area contributed by atoms with Crippen LogP contribution in [0.15, 0.2) is 28.8 Å². The highest BCUT2D eigenvalue weighted by Gasteiger charge is 2.08. The molecular formula is C14H16N2OS2. The summed E-state index contributed by atoms with van der Waals surface area (Å²) < 4.78 is 5.15. The van der Waals surface area contributed by atoms with Crippen molar-refractivity contribution in [3.05, 3.63) is 52.4 Å². The molecule has 0 radical (unpaired) electrons. The minimum absolute atomic E-state index is 0.440. The number of thiocarbonyl (C=S) groups is 1. The van der Waals surface area contributed by atoms with Crippen LogP contribution in [0.5, 0.6) is 0 Å². The van der Waals surface area contributed by atoms with Gasteiger partial charge in [0, 0.05) is 22.6 Å². The zero-order valence-electron chi connectivity index (χ0n) is 11.0. The third-order valence-electron chi connectivity index (χ3n) is 2.93. The van der Waals surface area contributed by atoms with E-state index >= 15 is 0 Å². The Morgan fingerprint density at radius 3 is 2.47 bits per heavy atom. The van der Waals surface area contributed by atoms with E-state index in [1.807, 2.05) is 37.7 Å². The van der Waals surface area contributed by atoms with Gasteiger partial charge in [-0.2, -0.15) is 11.8 Å². The number of hydrogen-bond donors (Lipinski definition) is 1. The zero-order valence-corrected chi connectivity index (χ0v) is 12.6. The van der Waals surface area contributed by atoms with E-state index in [1.165, 1.54) is 11.1 Å². The second-order valence-corrected chi connectivity index (χ2v) is 5.78. The van der Waals surface area contributed by atoms with Gasteiger partial charge in [-0.15, -0.1) is 0 Å². The first-order valence-electron chi connectivity index (χ1n) is 5.96. The molecule has 1 heterocycles. The number of rotatable bonds is 5. The molecule has 1 aromatic heterocycles. The Morgan fingerprint density at radius 2 is 1.95 bits per heavy atom. The van der Waals surface area contributed by atoms with Crippen molar-refractivity contribution in [2.75, 3.05) is 0 Å². The van der Waals surface area contributed by atoms with Crippen LogP contribution in [0.3, 0.4) is 0 Å². The van der Waals surface area contributed by atoms with Crippen molar-refractivity contribution in [1.82, 2.24) is 5.16 Å². The average Bonchev–Trinajstić information content (AvgIpc) is 2.71. The molecule has 0 saturated carbocycles. The number of thioether (sulfide) groups is 1. The van der Waals surface area contributed by atoms with Crippen molar-refractivity contribution >= 4 is 29.0 Å². The Balaban J connectivity index is 1.91. The van der Waals surface area contributed by atoms with Gasteiger partial charge in [-0.05, 0) is 19.4 Å². The predicted molar refractivity (Wildman–Crippen MR) is 83.3 cm³/mol. The summed E-state index contributed by atoms with van der Waals surface area (Å²) in [6.45, 7) is 3.93. The smallest absolute Gasteiger partial charge is 0.137 e. The van der Waals surface area contributed by atoms with E-state index in [9.17, 15) is 0 Å². The first kappa shape index (κ1) is 14.1. The van der Waals surface area contributed by atoms with Crippen molar-refractivity contribution < 1.29 is 4.52 Å². The molecule has 0 aliphatic carbocycles. The molecule has 0 saturated heterocycles. The zero-order chi connectivity index (χ0) is 13.8. The number of nitrogens with two attached hydrogens (primary N) is 1. The average molecular weight is 292 g/mol. The fraction of sp³-hybridized carbons (Fsp3) is 0.286. The van der Waals surface area contributed by atoms with Gasteiger partial charge in [-0.25, -0.2) is 0 Å². The monoisotopic (exact) mass is 292 g/mol. The fourth-order valence-corrected chi connectivity index (χ4v) is 3.03. The van der Waals surface area contributed by atoms with Crippen molar-refractivity contribution in [2.24, 2.45) is 5.73 Å². The number of nitrogens with zero attached hydrogens (tertiary/aromatic N) is 1. The molecule has 0 aliphatic rings. The van der Waals surface area contributed by atoms with Gasteiger partial charge in [-0.1, -0.05) is 41.6 Å². The van der Waals surface area contributed by atoms with Crippen molar-refractivity contribution in [1.29, 1.82) is 0 Å². The van der Waals surface area contributed by atoms with Crippen molar-refractivity contribution in [3.8, 4) is 0 Å². The molecule has 0 bridgehead atoms. The summed E-state index contributed by atoms with van der Waals surface area (Å²) >= 11 is 6.77. The van der Waals surface area contributed by atoms with Crippen LogP contribution < -0.4 is 5.73 Å². The van der Waals surface area contributed by atoms with E-state index in [-0.39, 0.29) is 0 Å². The molecule has 0 unspecified atom stereocenters. The highest BCUT2D eigenvalue weighted by atomic mass is 32.2. The summed E-state index contributed by atoms with van der Waals surface area (Å²) in [4.78, 5) is 0.440. The molecule has 1 aromatic carbocycles. The minimum Gasteiger partial charge on any atom is -0.389 e. The lowest BCUT2D eigenvalue weighted by Gasteiger charge is -2.03. The van der Waals surface area contributed by atoms with Crippen LogP contribution in [-0.2, 0) is 11.5 Å². The topological polar surface area (TPSA) is 52.0 Å². The Kier molecular flexibility index (Phi) is 4.61. The summed E-state index contributed by atoms with van der Waals surface area (Å²) in [5.41, 5.74) is 9.92. The Bertz CT molecular complexity index is 556. The van der Waals surface area contributed by atoms with Gasteiger partial charge in [-0.3, -0.25) is 0 Å². The first-order chi connectivity index (χ1) is 9.08. The predicted octanol–water partition coefficient (Wildman–Crippen LogP) is 3.36. The van der Waals surface area contributed by atoms with Crippen LogP contribution in [0.2, 0.25) is 0 Å². The number of aromatic nitrogens is 1. The fourth-order valence-electron chi connectivity index (χ4n) is 1.74. The number of hydrogen-bond acceptors (Lipinski definition) is 4. The van der Waals surface area contributed by atoms with E-state index in [1.54, 1.807) is 0 Å². The van der Waals surface area contributed by atoms with Crippen molar-refractivity contribution in [2.45, 2.75) is 25.4 Å². The summed E-state index contributed by atoms with van der Waals surface area (Å²) in [7, 11) is 0. The molecule has 5 heteroatoms. The molecule has 0 fully saturated rings. The molecule has 2 N–H and O–H groups in total. The lowest BCUT2D eigenvalue weighted by atomic mass is 10.1. The summed E-state index contributed by atoms with van der Waals surface area (Å²) in [5.74, 6) is 2.77. The number of aryl methyl sites for hydroxylation is 2. The van der Waals surface area contributed by atoms with Gasteiger partial charge in [0.2, 0.25) is 0 Å². The van der Waals surface area contributed by atoms with Gasteiger partial charge in [0.25, 0.3) is 0 Å². The van der Waals surface area contributed by atoms with E-state index in [2.05, 4.69) is 17.3 Å². The molecule has 0 aliphatic heterocycles. The van der Waals surface area contributed by atoms with Gasteiger partial charge < -0.3 is 10.3 Å². The van der Waals surface area contributed by atoms with Gasteiger partial charge in [0.1, 0.15) is 10.7 Å².